The lowest BCUT2D eigenvalue weighted by Gasteiger charge is -2.06. The lowest BCUT2D eigenvalue weighted by atomic mass is 10.3. The summed E-state index contributed by atoms with van der Waals surface area (Å²) < 4.78 is 1.76. The van der Waals surface area contributed by atoms with Crippen molar-refractivity contribution < 1.29 is 0 Å². The van der Waals surface area contributed by atoms with Gasteiger partial charge >= 0.3 is 0 Å². The Morgan fingerprint density at radius 1 is 1.50 bits per heavy atom. The quantitative estimate of drug-likeness (QED) is 0.478. The van der Waals surface area contributed by atoms with Crippen LogP contribution in [0.4, 0.5) is 0 Å². The van der Waals surface area contributed by atoms with E-state index in [1.807, 2.05) is 13.2 Å². The van der Waals surface area contributed by atoms with Crippen LogP contribution < -0.4 is 0 Å². The summed E-state index contributed by atoms with van der Waals surface area (Å²) >= 11 is 7.49. The van der Waals surface area contributed by atoms with Crippen molar-refractivity contribution in [1.29, 1.82) is 0 Å². The van der Waals surface area contributed by atoms with Crippen molar-refractivity contribution in [3.05, 3.63) is 12.5 Å². The third-order valence-corrected chi connectivity index (χ3v) is 4.12. The summed E-state index contributed by atoms with van der Waals surface area (Å²) in [5, 5.41) is 6.17. The molecule has 0 aliphatic carbocycles. The molecule has 0 radical (unpaired) electrons. The van der Waals surface area contributed by atoms with Gasteiger partial charge in [-0.05, 0) is 5.92 Å². The van der Waals surface area contributed by atoms with Crippen LogP contribution in [0, 0.1) is 5.92 Å². The van der Waals surface area contributed by atoms with Crippen LogP contribution in [0.2, 0.25) is 0 Å². The van der Waals surface area contributed by atoms with E-state index < -0.39 is 0 Å². The average molecular weight is 257 g/mol. The fraction of sp³-hybridized carbons (Fsp3) is 0.500. The van der Waals surface area contributed by atoms with Gasteiger partial charge in [0.25, 0.3) is 0 Å². The van der Waals surface area contributed by atoms with E-state index in [4.69, 9.17) is 11.6 Å². The number of hydrogen-bond acceptors (Lipinski definition) is 4. The number of thioether (sulfide) groups is 1. The van der Waals surface area contributed by atoms with E-state index in [-0.39, 0.29) is 0 Å². The Kier molecular flexibility index (Phi) is 3.66. The molecule has 0 amide bonds. The second-order valence-electron chi connectivity index (χ2n) is 3.75. The van der Waals surface area contributed by atoms with Crippen LogP contribution in [0.15, 0.2) is 17.6 Å². The minimum absolute atomic E-state index is 0.480. The maximum atomic E-state index is 5.78. The van der Waals surface area contributed by atoms with Crippen LogP contribution in [0.1, 0.15) is 6.92 Å². The van der Waals surface area contributed by atoms with Crippen LogP contribution in [0.5, 0.6) is 0 Å². The van der Waals surface area contributed by atoms with Crippen molar-refractivity contribution in [3.8, 4) is 0 Å². The Bertz CT molecular complexity index is 485. The highest BCUT2D eigenvalue weighted by molar-refractivity contribution is 7.99. The second kappa shape index (κ2) is 5.01. The summed E-state index contributed by atoms with van der Waals surface area (Å²) in [7, 11) is 1.88. The van der Waals surface area contributed by atoms with Crippen LogP contribution >= 0.6 is 23.4 Å². The van der Waals surface area contributed by atoms with Gasteiger partial charge < -0.3 is 0 Å². The van der Waals surface area contributed by atoms with Crippen LogP contribution in [0.3, 0.4) is 0 Å². The summed E-state index contributed by atoms with van der Waals surface area (Å²) in [6.45, 7) is 2.13. The van der Waals surface area contributed by atoms with E-state index in [1.165, 1.54) is 0 Å². The molecular weight excluding hydrogens is 244 g/mol. The number of hydrogen-bond donors (Lipinski definition) is 0. The van der Waals surface area contributed by atoms with Gasteiger partial charge in [0.05, 0.1) is 11.6 Å². The van der Waals surface area contributed by atoms with Gasteiger partial charge in [-0.1, -0.05) is 6.92 Å². The third-order valence-electron chi connectivity index (χ3n) is 2.26. The lowest BCUT2D eigenvalue weighted by Crippen LogP contribution is -2.00. The van der Waals surface area contributed by atoms with E-state index in [0.29, 0.717) is 11.8 Å². The standard InChI is InChI=1S/C10H13ClN4S/c1-7(3-11)5-16-10-8-4-14-15(2)9(8)12-6-13-10/h4,6-7H,3,5H2,1-2H3. The van der Waals surface area contributed by atoms with E-state index in [9.17, 15) is 0 Å². The minimum atomic E-state index is 0.480. The summed E-state index contributed by atoms with van der Waals surface area (Å²) in [4.78, 5) is 8.48. The first-order valence-electron chi connectivity index (χ1n) is 5.04. The molecule has 0 aliphatic heterocycles. The number of alkyl halides is 1. The van der Waals surface area contributed by atoms with E-state index in [1.54, 1.807) is 22.8 Å². The normalized spacial score (nSPS) is 13.2. The molecule has 1 unspecified atom stereocenters. The molecule has 2 rings (SSSR count). The zero-order chi connectivity index (χ0) is 11.5. The first-order valence-corrected chi connectivity index (χ1v) is 6.56. The Balaban J connectivity index is 2.24. The number of nitrogens with zero attached hydrogens (tertiary/aromatic N) is 4. The Hall–Kier alpha value is -0.810. The Labute approximate surface area is 103 Å². The van der Waals surface area contributed by atoms with Gasteiger partial charge in [-0.15, -0.1) is 23.4 Å². The van der Waals surface area contributed by atoms with Gasteiger partial charge in [0.1, 0.15) is 11.4 Å². The van der Waals surface area contributed by atoms with Gasteiger partial charge in [-0.2, -0.15) is 5.10 Å². The van der Waals surface area contributed by atoms with Crippen LogP contribution in [0.25, 0.3) is 11.0 Å². The number of aryl methyl sites for hydroxylation is 1. The predicted molar refractivity (Wildman–Crippen MR) is 66.9 cm³/mol. The van der Waals surface area contributed by atoms with Gasteiger partial charge in [-0.25, -0.2) is 9.97 Å². The zero-order valence-electron chi connectivity index (χ0n) is 9.22. The molecular formula is C10H13ClN4S. The number of rotatable bonds is 4. The first-order chi connectivity index (χ1) is 7.72. The first kappa shape index (κ1) is 11.7. The van der Waals surface area contributed by atoms with Gasteiger partial charge in [0, 0.05) is 18.7 Å². The fourth-order valence-corrected chi connectivity index (χ4v) is 2.54. The monoisotopic (exact) mass is 256 g/mol. The summed E-state index contributed by atoms with van der Waals surface area (Å²) in [5.41, 5.74) is 0.871. The van der Waals surface area contributed by atoms with E-state index in [0.717, 1.165) is 21.8 Å². The number of fused-ring (bicyclic) bond motifs is 1. The molecule has 0 spiro atoms. The topological polar surface area (TPSA) is 43.6 Å². The molecule has 0 N–H and O–H groups in total. The zero-order valence-corrected chi connectivity index (χ0v) is 10.8. The molecule has 0 fully saturated rings. The van der Waals surface area contributed by atoms with Crippen molar-refractivity contribution in [2.45, 2.75) is 11.9 Å². The molecule has 0 saturated heterocycles. The molecule has 0 bridgehead atoms. The van der Waals surface area contributed by atoms with Gasteiger partial charge in [0.2, 0.25) is 0 Å². The maximum absolute atomic E-state index is 5.78. The van der Waals surface area contributed by atoms with Crippen LogP contribution in [-0.2, 0) is 7.05 Å². The smallest absolute Gasteiger partial charge is 0.162 e. The molecule has 86 valence electrons. The van der Waals surface area contributed by atoms with Crippen molar-refractivity contribution >= 4 is 34.4 Å². The van der Waals surface area contributed by atoms with Gasteiger partial charge in [-0.3, -0.25) is 4.68 Å². The fourth-order valence-electron chi connectivity index (χ4n) is 1.32. The maximum Gasteiger partial charge on any atom is 0.162 e. The average Bonchev–Trinajstić information content (AvgIpc) is 2.69. The minimum Gasteiger partial charge on any atom is -0.250 e. The largest absolute Gasteiger partial charge is 0.250 e. The van der Waals surface area contributed by atoms with E-state index >= 15 is 0 Å². The molecule has 16 heavy (non-hydrogen) atoms. The lowest BCUT2D eigenvalue weighted by molar-refractivity contribution is 0.758. The molecule has 2 aromatic heterocycles. The highest BCUT2D eigenvalue weighted by atomic mass is 35.5. The predicted octanol–water partition coefficient (Wildman–Crippen LogP) is 2.33. The molecule has 4 nitrogen and oxygen atoms in total. The second-order valence-corrected chi connectivity index (χ2v) is 5.07. The molecule has 0 aliphatic rings. The Morgan fingerprint density at radius 2 is 2.31 bits per heavy atom. The molecule has 2 aromatic rings. The number of halogens is 1. The molecule has 6 heteroatoms. The highest BCUT2D eigenvalue weighted by Gasteiger charge is 2.09. The van der Waals surface area contributed by atoms with Crippen molar-refractivity contribution in [2.24, 2.45) is 13.0 Å². The molecule has 0 aromatic carbocycles. The number of aromatic nitrogens is 4. The van der Waals surface area contributed by atoms with E-state index in [2.05, 4.69) is 22.0 Å². The molecule has 2 heterocycles. The van der Waals surface area contributed by atoms with Crippen LogP contribution in [-0.4, -0.2) is 31.4 Å². The van der Waals surface area contributed by atoms with Crippen molar-refractivity contribution in [3.63, 3.8) is 0 Å². The van der Waals surface area contributed by atoms with Gasteiger partial charge in [0.15, 0.2) is 5.65 Å². The van der Waals surface area contributed by atoms with Crippen molar-refractivity contribution in [1.82, 2.24) is 19.7 Å². The van der Waals surface area contributed by atoms with Crippen molar-refractivity contribution in [2.75, 3.05) is 11.6 Å². The SMILES string of the molecule is CC(CCl)CSc1ncnc2c1cnn2C. The summed E-state index contributed by atoms with van der Waals surface area (Å²) in [6, 6.07) is 0. The summed E-state index contributed by atoms with van der Waals surface area (Å²) in [6.07, 6.45) is 3.39. The third kappa shape index (κ3) is 2.30. The Morgan fingerprint density at radius 3 is 3.06 bits per heavy atom. The highest BCUT2D eigenvalue weighted by Crippen LogP contribution is 2.25. The molecule has 0 saturated carbocycles. The molecule has 1 atom stereocenters. The summed E-state index contributed by atoms with van der Waals surface area (Å²) in [5.74, 6) is 2.12.